The number of aliphatic imine (C=N–C) groups is 1. The molecule has 8 nitrogen and oxygen atoms in total. The molecule has 0 bridgehead atoms. The summed E-state index contributed by atoms with van der Waals surface area (Å²) in [7, 11) is 1.63. The highest BCUT2D eigenvalue weighted by Crippen LogP contribution is 2.30. The van der Waals surface area contributed by atoms with Gasteiger partial charge >= 0.3 is 0 Å². The third kappa shape index (κ3) is 5.97. The van der Waals surface area contributed by atoms with Crippen molar-refractivity contribution in [2.24, 2.45) is 4.99 Å². The van der Waals surface area contributed by atoms with Gasteiger partial charge < -0.3 is 20.1 Å². The lowest BCUT2D eigenvalue weighted by Crippen LogP contribution is -2.30. The van der Waals surface area contributed by atoms with E-state index in [1.165, 1.54) is 0 Å². The molecule has 30 heavy (non-hydrogen) atoms. The smallest absolute Gasteiger partial charge is 0.196 e. The predicted octanol–water partition coefficient (Wildman–Crippen LogP) is 3.31. The van der Waals surface area contributed by atoms with Crippen LogP contribution in [0, 0.1) is 0 Å². The fraction of sp³-hybridized carbons (Fsp3) is 0.318. The minimum absolute atomic E-state index is 0.550. The fourth-order valence-corrected chi connectivity index (χ4v) is 2.96. The van der Waals surface area contributed by atoms with Gasteiger partial charge in [0.15, 0.2) is 17.5 Å². The van der Waals surface area contributed by atoms with Gasteiger partial charge in [-0.15, -0.1) is 0 Å². The molecule has 0 radical (unpaired) electrons. The van der Waals surface area contributed by atoms with Crippen molar-refractivity contribution < 1.29 is 9.47 Å². The Hall–Kier alpha value is -3.55. The summed E-state index contributed by atoms with van der Waals surface area (Å²) in [5.41, 5.74) is 3.14. The van der Waals surface area contributed by atoms with E-state index in [0.29, 0.717) is 31.4 Å². The van der Waals surface area contributed by atoms with Gasteiger partial charge in [-0.1, -0.05) is 24.3 Å². The SMILES string of the molecule is CCNC(=NCc1cccc(Cn2cncn2)c1)Nc1ccc(OCC)c(OC)c1. The van der Waals surface area contributed by atoms with E-state index in [-0.39, 0.29) is 0 Å². The Bertz CT molecular complexity index is 956. The van der Waals surface area contributed by atoms with Gasteiger partial charge in [0.05, 0.1) is 26.8 Å². The molecule has 0 fully saturated rings. The number of nitrogens with one attached hydrogen (secondary N) is 2. The molecule has 0 aliphatic carbocycles. The molecule has 3 aromatic rings. The minimum Gasteiger partial charge on any atom is -0.493 e. The molecule has 0 atom stereocenters. The van der Waals surface area contributed by atoms with Gasteiger partial charge in [0, 0.05) is 18.3 Å². The lowest BCUT2D eigenvalue weighted by Gasteiger charge is -2.14. The average Bonchev–Trinajstić information content (AvgIpc) is 3.26. The molecule has 0 amide bonds. The van der Waals surface area contributed by atoms with Crippen molar-refractivity contribution in [3.05, 3.63) is 66.2 Å². The van der Waals surface area contributed by atoms with Crippen molar-refractivity contribution in [3.63, 3.8) is 0 Å². The number of hydrogen-bond donors (Lipinski definition) is 2. The van der Waals surface area contributed by atoms with E-state index in [0.717, 1.165) is 29.1 Å². The monoisotopic (exact) mass is 408 g/mol. The lowest BCUT2D eigenvalue weighted by molar-refractivity contribution is 0.311. The third-order valence-electron chi connectivity index (χ3n) is 4.29. The van der Waals surface area contributed by atoms with Crippen molar-refractivity contribution in [2.75, 3.05) is 25.6 Å². The van der Waals surface area contributed by atoms with Crippen LogP contribution in [0.15, 0.2) is 60.1 Å². The summed E-state index contributed by atoms with van der Waals surface area (Å²) in [4.78, 5) is 8.70. The topological polar surface area (TPSA) is 85.6 Å². The molecule has 0 unspecified atom stereocenters. The number of ether oxygens (including phenoxy) is 2. The van der Waals surface area contributed by atoms with Gasteiger partial charge in [0.1, 0.15) is 12.7 Å². The van der Waals surface area contributed by atoms with Gasteiger partial charge in [-0.05, 0) is 37.1 Å². The van der Waals surface area contributed by atoms with Gasteiger partial charge in [-0.3, -0.25) is 0 Å². The fourth-order valence-electron chi connectivity index (χ4n) is 2.96. The summed E-state index contributed by atoms with van der Waals surface area (Å²) in [6.45, 7) is 6.56. The molecular formula is C22H28N6O2. The zero-order chi connectivity index (χ0) is 21.2. The Balaban J connectivity index is 1.70. The van der Waals surface area contributed by atoms with Gasteiger partial charge in [-0.2, -0.15) is 5.10 Å². The number of anilines is 1. The van der Waals surface area contributed by atoms with Crippen LogP contribution in [0.1, 0.15) is 25.0 Å². The molecule has 8 heteroatoms. The first kappa shape index (κ1) is 21.2. The van der Waals surface area contributed by atoms with Crippen LogP contribution in [0.25, 0.3) is 0 Å². The van der Waals surface area contributed by atoms with E-state index in [1.807, 2.05) is 38.1 Å². The van der Waals surface area contributed by atoms with Crippen LogP contribution in [0.3, 0.4) is 0 Å². The van der Waals surface area contributed by atoms with Gasteiger partial charge in [0.25, 0.3) is 0 Å². The zero-order valence-electron chi connectivity index (χ0n) is 17.6. The van der Waals surface area contributed by atoms with E-state index in [2.05, 4.69) is 38.9 Å². The lowest BCUT2D eigenvalue weighted by atomic mass is 10.1. The first-order valence-electron chi connectivity index (χ1n) is 9.98. The Labute approximate surface area is 177 Å². The van der Waals surface area contributed by atoms with Gasteiger partial charge in [-0.25, -0.2) is 14.7 Å². The summed E-state index contributed by atoms with van der Waals surface area (Å²) < 4.78 is 12.8. The first-order valence-corrected chi connectivity index (χ1v) is 9.98. The summed E-state index contributed by atoms with van der Waals surface area (Å²) >= 11 is 0. The summed E-state index contributed by atoms with van der Waals surface area (Å²) in [5, 5.41) is 10.8. The zero-order valence-corrected chi connectivity index (χ0v) is 17.6. The van der Waals surface area contributed by atoms with Crippen molar-refractivity contribution in [3.8, 4) is 11.5 Å². The van der Waals surface area contributed by atoms with Crippen LogP contribution in [-0.4, -0.2) is 41.0 Å². The van der Waals surface area contributed by atoms with E-state index in [4.69, 9.17) is 14.5 Å². The Morgan fingerprint density at radius 2 is 1.97 bits per heavy atom. The van der Waals surface area contributed by atoms with E-state index in [1.54, 1.807) is 24.4 Å². The summed E-state index contributed by atoms with van der Waals surface area (Å²) in [5.74, 6) is 2.10. The molecule has 0 spiro atoms. The first-order chi connectivity index (χ1) is 14.7. The second kappa shape index (κ2) is 10.8. The highest BCUT2D eigenvalue weighted by molar-refractivity contribution is 5.93. The molecule has 0 saturated heterocycles. The van der Waals surface area contributed by atoms with Crippen molar-refractivity contribution in [1.29, 1.82) is 0 Å². The highest BCUT2D eigenvalue weighted by Gasteiger charge is 2.07. The predicted molar refractivity (Wildman–Crippen MR) is 118 cm³/mol. The summed E-state index contributed by atoms with van der Waals surface area (Å²) in [6.07, 6.45) is 3.25. The second-order valence-electron chi connectivity index (χ2n) is 6.53. The number of guanidine groups is 1. The van der Waals surface area contributed by atoms with Crippen LogP contribution in [0.4, 0.5) is 5.69 Å². The molecule has 0 saturated carbocycles. The molecule has 0 aliphatic rings. The maximum absolute atomic E-state index is 5.58. The molecular weight excluding hydrogens is 380 g/mol. The normalized spacial score (nSPS) is 11.2. The quantitative estimate of drug-likeness (QED) is 0.417. The van der Waals surface area contributed by atoms with E-state index < -0.39 is 0 Å². The number of hydrogen-bond acceptors (Lipinski definition) is 5. The largest absolute Gasteiger partial charge is 0.493 e. The average molecular weight is 409 g/mol. The van der Waals surface area contributed by atoms with Crippen LogP contribution < -0.4 is 20.1 Å². The standard InChI is InChI=1S/C22H28N6O2/c1-4-24-22(27-19-9-10-20(30-5-2)21(12-19)29-3)25-13-17-7-6-8-18(11-17)14-28-16-23-15-26-28/h6-12,15-16H,4-5,13-14H2,1-3H3,(H2,24,25,27). The highest BCUT2D eigenvalue weighted by atomic mass is 16.5. The van der Waals surface area contributed by atoms with Crippen molar-refractivity contribution in [2.45, 2.75) is 26.9 Å². The summed E-state index contributed by atoms with van der Waals surface area (Å²) in [6, 6.07) is 14.0. The van der Waals surface area contributed by atoms with E-state index in [9.17, 15) is 0 Å². The Kier molecular flexibility index (Phi) is 7.65. The Morgan fingerprint density at radius 3 is 2.70 bits per heavy atom. The van der Waals surface area contributed by atoms with Crippen LogP contribution >= 0.6 is 0 Å². The molecule has 1 aromatic heterocycles. The molecule has 3 rings (SSSR count). The van der Waals surface area contributed by atoms with Crippen LogP contribution in [0.2, 0.25) is 0 Å². The molecule has 2 N–H and O–H groups in total. The van der Waals surface area contributed by atoms with Crippen molar-refractivity contribution in [1.82, 2.24) is 20.1 Å². The third-order valence-corrected chi connectivity index (χ3v) is 4.29. The van der Waals surface area contributed by atoms with Gasteiger partial charge in [0.2, 0.25) is 0 Å². The maximum atomic E-state index is 5.58. The van der Waals surface area contributed by atoms with Crippen LogP contribution in [-0.2, 0) is 13.1 Å². The van der Waals surface area contributed by atoms with Crippen molar-refractivity contribution >= 4 is 11.6 Å². The number of benzene rings is 2. The number of methoxy groups -OCH3 is 1. The molecule has 2 aromatic carbocycles. The van der Waals surface area contributed by atoms with E-state index >= 15 is 0 Å². The number of nitrogens with zero attached hydrogens (tertiary/aromatic N) is 4. The molecule has 0 aliphatic heterocycles. The second-order valence-corrected chi connectivity index (χ2v) is 6.53. The minimum atomic E-state index is 0.550. The Morgan fingerprint density at radius 1 is 1.10 bits per heavy atom. The molecule has 1 heterocycles. The molecule has 158 valence electrons. The number of aromatic nitrogens is 3. The van der Waals surface area contributed by atoms with Crippen LogP contribution in [0.5, 0.6) is 11.5 Å². The number of rotatable bonds is 9. The maximum Gasteiger partial charge on any atom is 0.196 e.